The minimum Gasteiger partial charge on any atom is -0.376 e. The molecule has 1 heterocycles. The van der Waals surface area contributed by atoms with Crippen molar-refractivity contribution >= 4 is 34.8 Å². The van der Waals surface area contributed by atoms with Crippen LogP contribution < -0.4 is 5.32 Å². The highest BCUT2D eigenvalue weighted by Crippen LogP contribution is 2.24. The Balaban J connectivity index is 1.91. The quantitative estimate of drug-likeness (QED) is 0.790. The van der Waals surface area contributed by atoms with E-state index in [-0.39, 0.29) is 5.91 Å². The van der Waals surface area contributed by atoms with Crippen molar-refractivity contribution in [1.29, 1.82) is 0 Å². The molecule has 0 bridgehead atoms. The minimum atomic E-state index is 0.164. The zero-order chi connectivity index (χ0) is 15.9. The predicted octanol–water partition coefficient (Wildman–Crippen LogP) is 4.98. The van der Waals surface area contributed by atoms with Gasteiger partial charge in [0.05, 0.1) is 6.54 Å². The standard InChI is InChI=1S/C17H24Cl2N2O/c1-2-3-6-16-7-4-5-8-21(16)17(22)12-20-15-10-13(18)9-14(19)11-15/h9-11,16,20H,2-8,12H2,1H3. The second kappa shape index (κ2) is 8.64. The number of likely N-dealkylation sites (tertiary alicyclic amines) is 1. The molecule has 1 saturated heterocycles. The summed E-state index contributed by atoms with van der Waals surface area (Å²) in [5.41, 5.74) is 0.785. The second-order valence-corrected chi connectivity index (χ2v) is 6.76. The van der Waals surface area contributed by atoms with Crippen molar-refractivity contribution in [2.45, 2.75) is 51.5 Å². The molecular weight excluding hydrogens is 319 g/mol. The number of nitrogens with one attached hydrogen (secondary N) is 1. The van der Waals surface area contributed by atoms with Crippen molar-refractivity contribution in [2.24, 2.45) is 0 Å². The molecule has 122 valence electrons. The van der Waals surface area contributed by atoms with E-state index >= 15 is 0 Å². The predicted molar refractivity (Wildman–Crippen MR) is 93.8 cm³/mol. The van der Waals surface area contributed by atoms with Gasteiger partial charge in [-0.2, -0.15) is 0 Å². The van der Waals surface area contributed by atoms with E-state index in [0.717, 1.165) is 31.5 Å². The van der Waals surface area contributed by atoms with Crippen LogP contribution in [-0.4, -0.2) is 29.9 Å². The van der Waals surface area contributed by atoms with Gasteiger partial charge in [0.15, 0.2) is 0 Å². The van der Waals surface area contributed by atoms with Gasteiger partial charge < -0.3 is 10.2 Å². The normalized spacial score (nSPS) is 18.3. The highest BCUT2D eigenvalue weighted by molar-refractivity contribution is 6.35. The fraction of sp³-hybridized carbons (Fsp3) is 0.588. The van der Waals surface area contributed by atoms with Crippen LogP contribution in [0.1, 0.15) is 45.4 Å². The lowest BCUT2D eigenvalue weighted by molar-refractivity contribution is -0.133. The summed E-state index contributed by atoms with van der Waals surface area (Å²) in [6, 6.07) is 5.66. The van der Waals surface area contributed by atoms with E-state index < -0.39 is 0 Å². The first-order chi connectivity index (χ1) is 10.6. The maximum Gasteiger partial charge on any atom is 0.242 e. The Morgan fingerprint density at radius 1 is 1.27 bits per heavy atom. The third-order valence-electron chi connectivity index (χ3n) is 4.14. The highest BCUT2D eigenvalue weighted by atomic mass is 35.5. The summed E-state index contributed by atoms with van der Waals surface area (Å²) in [6.07, 6.45) is 6.95. The van der Waals surface area contributed by atoms with E-state index in [9.17, 15) is 4.79 Å². The third kappa shape index (κ3) is 5.06. The Morgan fingerprint density at radius 3 is 2.68 bits per heavy atom. The number of unbranched alkanes of at least 4 members (excludes halogenated alkanes) is 1. The maximum absolute atomic E-state index is 12.5. The van der Waals surface area contributed by atoms with Gasteiger partial charge in [-0.25, -0.2) is 0 Å². The van der Waals surface area contributed by atoms with Crippen molar-refractivity contribution in [3.05, 3.63) is 28.2 Å². The summed E-state index contributed by atoms with van der Waals surface area (Å²) in [5, 5.41) is 4.28. The summed E-state index contributed by atoms with van der Waals surface area (Å²) < 4.78 is 0. The molecule has 22 heavy (non-hydrogen) atoms. The molecule has 0 saturated carbocycles. The Labute approximate surface area is 143 Å². The van der Waals surface area contributed by atoms with E-state index in [1.54, 1.807) is 18.2 Å². The first kappa shape index (κ1) is 17.4. The Hall–Kier alpha value is -0.930. The van der Waals surface area contributed by atoms with Gasteiger partial charge in [0, 0.05) is 28.3 Å². The molecule has 1 aromatic rings. The van der Waals surface area contributed by atoms with Crippen LogP contribution in [0.2, 0.25) is 10.0 Å². The number of amides is 1. The Bertz CT molecular complexity index is 487. The van der Waals surface area contributed by atoms with Gasteiger partial charge in [0.2, 0.25) is 5.91 Å². The summed E-state index contributed by atoms with van der Waals surface area (Å²) in [6.45, 7) is 3.37. The molecule has 1 N–H and O–H groups in total. The topological polar surface area (TPSA) is 32.3 Å². The number of benzene rings is 1. The van der Waals surface area contributed by atoms with Crippen LogP contribution >= 0.6 is 23.2 Å². The number of carbonyl (C=O) groups is 1. The van der Waals surface area contributed by atoms with Crippen LogP contribution in [0.15, 0.2) is 18.2 Å². The van der Waals surface area contributed by atoms with Crippen LogP contribution in [0.3, 0.4) is 0 Å². The molecule has 1 fully saturated rings. The van der Waals surface area contributed by atoms with Crippen molar-refractivity contribution in [3.63, 3.8) is 0 Å². The molecule has 1 unspecified atom stereocenters. The first-order valence-electron chi connectivity index (χ1n) is 8.09. The maximum atomic E-state index is 12.5. The number of carbonyl (C=O) groups excluding carboxylic acids is 1. The number of anilines is 1. The SMILES string of the molecule is CCCCC1CCCCN1C(=O)CNc1cc(Cl)cc(Cl)c1. The molecule has 1 aromatic carbocycles. The van der Waals surface area contributed by atoms with Crippen LogP contribution in [0.4, 0.5) is 5.69 Å². The van der Waals surface area contributed by atoms with E-state index in [1.165, 1.54) is 19.3 Å². The van der Waals surface area contributed by atoms with Gasteiger partial charge in [-0.05, 0) is 43.9 Å². The first-order valence-corrected chi connectivity index (χ1v) is 8.85. The van der Waals surface area contributed by atoms with Crippen molar-refractivity contribution in [1.82, 2.24) is 4.90 Å². The monoisotopic (exact) mass is 342 g/mol. The fourth-order valence-corrected chi connectivity index (χ4v) is 3.53. The molecule has 1 aliphatic rings. The van der Waals surface area contributed by atoms with Crippen molar-refractivity contribution < 1.29 is 4.79 Å². The number of hydrogen-bond donors (Lipinski definition) is 1. The molecule has 3 nitrogen and oxygen atoms in total. The van der Waals surface area contributed by atoms with E-state index in [4.69, 9.17) is 23.2 Å². The molecule has 0 aromatic heterocycles. The molecular formula is C17H24Cl2N2O. The Kier molecular flexibility index (Phi) is 6.84. The zero-order valence-electron chi connectivity index (χ0n) is 13.1. The number of rotatable bonds is 6. The number of piperidine rings is 1. The van der Waals surface area contributed by atoms with Crippen molar-refractivity contribution in [2.75, 3.05) is 18.4 Å². The minimum absolute atomic E-state index is 0.164. The van der Waals surface area contributed by atoms with Gasteiger partial charge in [-0.15, -0.1) is 0 Å². The largest absolute Gasteiger partial charge is 0.376 e. The van der Waals surface area contributed by atoms with E-state index in [1.807, 2.05) is 0 Å². The summed E-state index contributed by atoms with van der Waals surface area (Å²) in [5.74, 6) is 0.164. The lowest BCUT2D eigenvalue weighted by Gasteiger charge is -2.36. The summed E-state index contributed by atoms with van der Waals surface area (Å²) >= 11 is 11.9. The van der Waals surface area contributed by atoms with Gasteiger partial charge in [-0.1, -0.05) is 43.0 Å². The van der Waals surface area contributed by atoms with Crippen LogP contribution in [-0.2, 0) is 4.79 Å². The summed E-state index contributed by atoms with van der Waals surface area (Å²) in [4.78, 5) is 14.6. The number of halogens is 2. The molecule has 1 atom stereocenters. The molecule has 0 radical (unpaired) electrons. The van der Waals surface area contributed by atoms with Crippen LogP contribution in [0.25, 0.3) is 0 Å². The smallest absolute Gasteiger partial charge is 0.242 e. The Morgan fingerprint density at radius 2 is 2.00 bits per heavy atom. The highest BCUT2D eigenvalue weighted by Gasteiger charge is 2.25. The molecule has 1 amide bonds. The van der Waals surface area contributed by atoms with Crippen LogP contribution in [0, 0.1) is 0 Å². The average Bonchev–Trinajstić information content (AvgIpc) is 2.50. The average molecular weight is 343 g/mol. The van der Waals surface area contributed by atoms with Gasteiger partial charge >= 0.3 is 0 Å². The van der Waals surface area contributed by atoms with E-state index in [2.05, 4.69) is 17.1 Å². The molecule has 0 spiro atoms. The fourth-order valence-electron chi connectivity index (χ4n) is 3.00. The molecule has 0 aliphatic carbocycles. The van der Waals surface area contributed by atoms with Gasteiger partial charge in [0.25, 0.3) is 0 Å². The molecule has 1 aliphatic heterocycles. The van der Waals surface area contributed by atoms with Crippen molar-refractivity contribution in [3.8, 4) is 0 Å². The summed E-state index contributed by atoms with van der Waals surface area (Å²) in [7, 11) is 0. The van der Waals surface area contributed by atoms with Gasteiger partial charge in [0.1, 0.15) is 0 Å². The second-order valence-electron chi connectivity index (χ2n) is 5.89. The van der Waals surface area contributed by atoms with Crippen LogP contribution in [0.5, 0.6) is 0 Å². The third-order valence-corrected chi connectivity index (χ3v) is 4.58. The van der Waals surface area contributed by atoms with Gasteiger partial charge in [-0.3, -0.25) is 4.79 Å². The zero-order valence-corrected chi connectivity index (χ0v) is 14.6. The molecule has 5 heteroatoms. The molecule has 2 rings (SSSR count). The number of nitrogens with zero attached hydrogens (tertiary/aromatic N) is 1. The number of hydrogen-bond acceptors (Lipinski definition) is 2. The lowest BCUT2D eigenvalue weighted by Crippen LogP contribution is -2.46. The lowest BCUT2D eigenvalue weighted by atomic mass is 9.97. The van der Waals surface area contributed by atoms with E-state index in [0.29, 0.717) is 22.6 Å².